The van der Waals surface area contributed by atoms with E-state index in [1.807, 2.05) is 39.8 Å². The van der Waals surface area contributed by atoms with E-state index in [0.717, 1.165) is 22.4 Å². The van der Waals surface area contributed by atoms with E-state index in [-0.39, 0.29) is 18.2 Å². The lowest BCUT2D eigenvalue weighted by molar-refractivity contribution is -0.121. The fraction of sp³-hybridized carbons (Fsp3) is 0.300. The fourth-order valence-electron chi connectivity index (χ4n) is 2.92. The van der Waals surface area contributed by atoms with Gasteiger partial charge < -0.3 is 0 Å². The molecule has 0 aliphatic carbocycles. The van der Waals surface area contributed by atoms with Gasteiger partial charge in [-0.25, -0.2) is 9.88 Å². The number of aryl methyl sites for hydroxylation is 2. The topological polar surface area (TPSA) is 74.1 Å². The van der Waals surface area contributed by atoms with Gasteiger partial charge in [0.15, 0.2) is 0 Å². The molecule has 0 N–H and O–H groups in total. The number of thioether (sulfide) groups is 1. The number of carbonyl (C=O) groups is 2. The molecule has 1 saturated heterocycles. The lowest BCUT2D eigenvalue weighted by Crippen LogP contribution is -2.31. The third-order valence-corrected chi connectivity index (χ3v) is 5.90. The smallest absolute Gasteiger partial charge is 0.247 e. The van der Waals surface area contributed by atoms with Crippen LogP contribution in [-0.4, -0.2) is 22.0 Å². The van der Waals surface area contributed by atoms with Crippen LogP contribution in [0.5, 0.6) is 0 Å². The predicted molar refractivity (Wildman–Crippen MR) is 101 cm³/mol. The van der Waals surface area contributed by atoms with Gasteiger partial charge in [0, 0.05) is 12.1 Å². The largest absolute Gasteiger partial charge is 0.274 e. The molecule has 1 aromatic heterocycles. The summed E-state index contributed by atoms with van der Waals surface area (Å²) in [5.41, 5.74) is 4.80. The van der Waals surface area contributed by atoms with Gasteiger partial charge in [0.1, 0.15) is 11.1 Å². The Bertz CT molecular complexity index is 945. The third kappa shape index (κ3) is 3.11. The van der Waals surface area contributed by atoms with Crippen LogP contribution in [0, 0.1) is 39.0 Å². The Labute approximate surface area is 157 Å². The Morgan fingerprint density at radius 2 is 1.77 bits per heavy atom. The Hall–Kier alpha value is -2.65. The summed E-state index contributed by atoms with van der Waals surface area (Å²) >= 11 is 1.21. The van der Waals surface area contributed by atoms with Gasteiger partial charge in [-0.15, -0.1) is 0 Å². The van der Waals surface area contributed by atoms with Crippen molar-refractivity contribution in [1.29, 1.82) is 5.26 Å². The maximum absolute atomic E-state index is 12.8. The lowest BCUT2D eigenvalue weighted by Gasteiger charge is -2.16. The van der Waals surface area contributed by atoms with Gasteiger partial charge in [-0.05, 0) is 51.0 Å². The van der Waals surface area contributed by atoms with Crippen LogP contribution in [0.25, 0.3) is 0 Å². The van der Waals surface area contributed by atoms with E-state index >= 15 is 0 Å². The molecule has 3 rings (SSSR count). The summed E-state index contributed by atoms with van der Waals surface area (Å²) in [6.07, 6.45) is 0.107. The molecule has 2 amide bonds. The second-order valence-corrected chi connectivity index (χ2v) is 7.64. The van der Waals surface area contributed by atoms with Crippen LogP contribution in [0.15, 0.2) is 29.3 Å². The van der Waals surface area contributed by atoms with Crippen LogP contribution in [0.1, 0.15) is 34.4 Å². The van der Waals surface area contributed by atoms with Crippen molar-refractivity contribution in [1.82, 2.24) is 4.98 Å². The first-order chi connectivity index (χ1) is 12.3. The van der Waals surface area contributed by atoms with Crippen LogP contribution < -0.4 is 4.90 Å². The molecule has 0 bridgehead atoms. The summed E-state index contributed by atoms with van der Waals surface area (Å²) in [4.78, 5) is 31.0. The molecular weight excluding hydrogens is 346 g/mol. The van der Waals surface area contributed by atoms with Crippen molar-refractivity contribution in [2.45, 2.75) is 44.4 Å². The number of nitrogens with zero attached hydrogens (tertiary/aromatic N) is 3. The van der Waals surface area contributed by atoms with E-state index in [0.29, 0.717) is 16.3 Å². The monoisotopic (exact) mass is 365 g/mol. The number of hydrogen-bond donors (Lipinski definition) is 0. The second-order valence-electron chi connectivity index (χ2n) is 6.45. The average Bonchev–Trinajstić information content (AvgIpc) is 2.88. The van der Waals surface area contributed by atoms with Crippen molar-refractivity contribution in [2.24, 2.45) is 0 Å². The molecule has 132 valence electrons. The van der Waals surface area contributed by atoms with Crippen LogP contribution in [-0.2, 0) is 9.59 Å². The minimum atomic E-state index is -0.565. The highest BCUT2D eigenvalue weighted by Crippen LogP contribution is 2.36. The van der Waals surface area contributed by atoms with Gasteiger partial charge in [-0.1, -0.05) is 29.5 Å². The molecule has 0 spiro atoms. The van der Waals surface area contributed by atoms with Crippen molar-refractivity contribution in [3.05, 3.63) is 52.2 Å². The SMILES string of the molecule is Cc1ccc(N2C(=O)CC(Sc3nc(C)c(C)c(C)c3C#N)C2=O)cc1. The first kappa shape index (κ1) is 18.2. The molecule has 5 nitrogen and oxygen atoms in total. The lowest BCUT2D eigenvalue weighted by atomic mass is 10.1. The van der Waals surface area contributed by atoms with Crippen LogP contribution in [0.4, 0.5) is 5.69 Å². The van der Waals surface area contributed by atoms with E-state index < -0.39 is 5.25 Å². The molecular formula is C20H19N3O2S. The number of rotatable bonds is 3. The van der Waals surface area contributed by atoms with Crippen LogP contribution in [0.3, 0.4) is 0 Å². The number of benzene rings is 1. The molecule has 26 heavy (non-hydrogen) atoms. The molecule has 1 fully saturated rings. The minimum Gasteiger partial charge on any atom is -0.274 e. The van der Waals surface area contributed by atoms with Gasteiger partial charge in [-0.2, -0.15) is 5.26 Å². The summed E-state index contributed by atoms with van der Waals surface area (Å²) in [5, 5.41) is 9.45. The number of amides is 2. The zero-order valence-corrected chi connectivity index (χ0v) is 16.0. The Balaban J connectivity index is 1.91. The molecule has 1 aliphatic heterocycles. The van der Waals surface area contributed by atoms with Crippen molar-refractivity contribution in [3.8, 4) is 6.07 Å². The van der Waals surface area contributed by atoms with Crippen molar-refractivity contribution in [2.75, 3.05) is 4.90 Å². The standard InChI is InChI=1S/C20H19N3O2S/c1-11-5-7-15(8-6-11)23-18(24)9-17(20(23)25)26-19-16(10-21)13(3)12(2)14(4)22-19/h5-8,17H,9H2,1-4H3. The van der Waals surface area contributed by atoms with E-state index in [2.05, 4.69) is 11.1 Å². The summed E-state index contributed by atoms with van der Waals surface area (Å²) in [7, 11) is 0. The number of hydrogen-bond acceptors (Lipinski definition) is 5. The molecule has 2 aromatic rings. The molecule has 1 aliphatic rings. The Morgan fingerprint density at radius 1 is 1.12 bits per heavy atom. The summed E-state index contributed by atoms with van der Waals surface area (Å²) < 4.78 is 0. The van der Waals surface area contributed by atoms with Crippen molar-refractivity contribution >= 4 is 29.3 Å². The van der Waals surface area contributed by atoms with Gasteiger partial charge in [0.2, 0.25) is 11.8 Å². The van der Waals surface area contributed by atoms with Gasteiger partial charge in [0.25, 0.3) is 0 Å². The average molecular weight is 365 g/mol. The summed E-state index contributed by atoms with van der Waals surface area (Å²) in [5.74, 6) is -0.485. The zero-order valence-electron chi connectivity index (χ0n) is 15.2. The number of pyridine rings is 1. The highest BCUT2D eigenvalue weighted by molar-refractivity contribution is 8.00. The first-order valence-electron chi connectivity index (χ1n) is 8.31. The second kappa shape index (κ2) is 6.93. The maximum Gasteiger partial charge on any atom is 0.247 e. The highest BCUT2D eigenvalue weighted by atomic mass is 32.2. The van der Waals surface area contributed by atoms with E-state index in [4.69, 9.17) is 0 Å². The minimum absolute atomic E-state index is 0.107. The number of anilines is 1. The number of nitriles is 1. The zero-order chi connectivity index (χ0) is 19.0. The first-order valence-corrected chi connectivity index (χ1v) is 9.19. The molecule has 1 atom stereocenters. The number of carbonyl (C=O) groups excluding carboxylic acids is 2. The highest BCUT2D eigenvalue weighted by Gasteiger charge is 2.40. The normalized spacial score (nSPS) is 16.9. The van der Waals surface area contributed by atoms with Crippen molar-refractivity contribution in [3.63, 3.8) is 0 Å². The van der Waals surface area contributed by atoms with E-state index in [1.165, 1.54) is 16.7 Å². The molecule has 1 unspecified atom stereocenters. The van der Waals surface area contributed by atoms with Gasteiger partial charge in [-0.3, -0.25) is 9.59 Å². The molecule has 6 heteroatoms. The summed E-state index contributed by atoms with van der Waals surface area (Å²) in [6, 6.07) is 9.48. The molecule has 0 saturated carbocycles. The Morgan fingerprint density at radius 3 is 2.38 bits per heavy atom. The molecule has 0 radical (unpaired) electrons. The molecule has 2 heterocycles. The fourth-order valence-corrected chi connectivity index (χ4v) is 4.13. The number of imide groups is 1. The van der Waals surface area contributed by atoms with Crippen LogP contribution in [0.2, 0.25) is 0 Å². The van der Waals surface area contributed by atoms with Crippen molar-refractivity contribution < 1.29 is 9.59 Å². The van der Waals surface area contributed by atoms with Crippen LogP contribution >= 0.6 is 11.8 Å². The predicted octanol–water partition coefficient (Wildman–Crippen LogP) is 3.61. The van der Waals surface area contributed by atoms with Gasteiger partial charge >= 0.3 is 0 Å². The van der Waals surface area contributed by atoms with E-state index in [9.17, 15) is 14.9 Å². The third-order valence-electron chi connectivity index (χ3n) is 4.73. The van der Waals surface area contributed by atoms with E-state index in [1.54, 1.807) is 12.1 Å². The molecule has 1 aromatic carbocycles. The quantitative estimate of drug-likeness (QED) is 0.777. The summed E-state index contributed by atoms with van der Waals surface area (Å²) in [6.45, 7) is 7.64. The maximum atomic E-state index is 12.8. The Kier molecular flexibility index (Phi) is 4.84. The number of aromatic nitrogens is 1. The van der Waals surface area contributed by atoms with Gasteiger partial charge in [0.05, 0.1) is 16.5 Å².